The average molecular weight is 726 g/mol. The Kier molecular flexibility index (Phi) is 15.1. The first kappa shape index (κ1) is 34.3. The van der Waals surface area contributed by atoms with Gasteiger partial charge >= 0.3 is 149 Å². The molecule has 3 fully saturated rings. The number of anilines is 1. The maximum absolute atomic E-state index is 13.4. The van der Waals surface area contributed by atoms with Crippen molar-refractivity contribution in [3.05, 3.63) is 59.4 Å². The van der Waals surface area contributed by atoms with Crippen molar-refractivity contribution in [1.29, 1.82) is 0 Å². The van der Waals surface area contributed by atoms with E-state index in [2.05, 4.69) is 10.1 Å². The molecular formula is C35H53Cl2FNOPRu+2. The number of hydrogen-bond donors (Lipinski definition) is 1. The second kappa shape index (κ2) is 18.4. The molecule has 0 heterocycles. The van der Waals surface area contributed by atoms with Gasteiger partial charge in [-0.25, -0.2) is 0 Å². The number of aromatic hydroxyl groups is 1. The Balaban J connectivity index is 0.000000196. The predicted octanol–water partition coefficient (Wildman–Crippen LogP) is 11.4. The van der Waals surface area contributed by atoms with Crippen LogP contribution in [0, 0.1) is 5.82 Å². The minimum atomic E-state index is -2.01. The average Bonchev–Trinajstić information content (AvgIpc) is 2.99. The van der Waals surface area contributed by atoms with E-state index in [1.54, 1.807) is 107 Å². The van der Waals surface area contributed by atoms with Crippen LogP contribution in [-0.4, -0.2) is 32.4 Å². The summed E-state index contributed by atoms with van der Waals surface area (Å²) in [7, 11) is 11.8. The van der Waals surface area contributed by atoms with E-state index in [9.17, 15) is 4.39 Å². The first-order valence-corrected chi connectivity index (χ1v) is 23.6. The van der Waals surface area contributed by atoms with E-state index >= 15 is 0 Å². The van der Waals surface area contributed by atoms with Gasteiger partial charge in [-0.05, 0) is 77.0 Å². The summed E-state index contributed by atoms with van der Waals surface area (Å²) in [6, 6.07) is 12.5. The Labute approximate surface area is 269 Å². The molecule has 3 aliphatic carbocycles. The summed E-state index contributed by atoms with van der Waals surface area (Å²) in [6.45, 7) is 4.62. The van der Waals surface area contributed by atoms with Crippen LogP contribution >= 0.6 is 27.3 Å². The topological polar surface area (TPSA) is 24.8 Å². The van der Waals surface area contributed by atoms with Crippen molar-refractivity contribution in [3.8, 4) is 5.75 Å². The molecule has 0 atom stereocenters. The van der Waals surface area contributed by atoms with E-state index in [4.69, 9.17) is 19.4 Å². The molecule has 42 heavy (non-hydrogen) atoms. The molecule has 3 saturated carbocycles. The summed E-state index contributed by atoms with van der Waals surface area (Å²) in [4.78, 5) is 0. The number of para-hydroxylation sites is 2. The van der Waals surface area contributed by atoms with Crippen LogP contribution in [0.4, 0.5) is 10.1 Å². The molecule has 0 amide bonds. The van der Waals surface area contributed by atoms with Crippen LogP contribution in [0.25, 0.3) is 0 Å². The first-order chi connectivity index (χ1) is 20.4. The van der Waals surface area contributed by atoms with Gasteiger partial charge < -0.3 is 0 Å². The molecular weight excluding hydrogens is 672 g/mol. The molecule has 236 valence electrons. The van der Waals surface area contributed by atoms with Gasteiger partial charge in [-0.1, -0.05) is 19.3 Å². The van der Waals surface area contributed by atoms with Crippen molar-refractivity contribution in [2.75, 3.05) is 5.32 Å². The quantitative estimate of drug-likeness (QED) is 0.118. The van der Waals surface area contributed by atoms with Crippen molar-refractivity contribution >= 4 is 37.6 Å². The number of benzene rings is 2. The van der Waals surface area contributed by atoms with Gasteiger partial charge in [0.15, 0.2) is 0 Å². The standard InChI is InChI=1S/C18H33P.C17H18FNO.2ClH.Ru/c1-4-10-16(11-5-1)19(17-12-6-2-7-13-17)18-14-8-3-9-15-18;1-12(2)20-17-7-5-4-6-16(17)19-11-14-8-9-15(18)10-13(14)3;;;/h16-18H,1-15H2;3-10,12,19H,11H2,1-2H3;2*1H;/q;;;;+2. The van der Waals surface area contributed by atoms with Crippen LogP contribution in [0.5, 0.6) is 5.75 Å². The second-order valence-electron chi connectivity index (χ2n) is 12.7. The third-order valence-electron chi connectivity index (χ3n) is 9.30. The summed E-state index contributed by atoms with van der Waals surface area (Å²) >= 11 is -2.01. The zero-order valence-corrected chi connectivity index (χ0v) is 29.9. The molecule has 0 aromatic heterocycles. The predicted molar refractivity (Wildman–Crippen MR) is 183 cm³/mol. The summed E-state index contributed by atoms with van der Waals surface area (Å²) in [5.41, 5.74) is 6.33. The monoisotopic (exact) mass is 725 g/mol. The molecule has 0 unspecified atom stereocenters. The van der Waals surface area contributed by atoms with Crippen molar-refractivity contribution in [3.63, 3.8) is 0 Å². The van der Waals surface area contributed by atoms with Crippen LogP contribution in [0.1, 0.15) is 121 Å². The van der Waals surface area contributed by atoms with E-state index in [-0.39, 0.29) is 19.8 Å². The Bertz CT molecular complexity index is 1070. The molecule has 2 nitrogen and oxygen atoms in total. The third kappa shape index (κ3) is 11.1. The number of hydrogen-bond acceptors (Lipinski definition) is 1. The molecule has 3 aliphatic rings. The zero-order chi connectivity index (χ0) is 29.7. The van der Waals surface area contributed by atoms with E-state index in [0.29, 0.717) is 6.54 Å². The molecule has 0 saturated heterocycles. The van der Waals surface area contributed by atoms with Crippen LogP contribution in [0.2, 0.25) is 0 Å². The fourth-order valence-electron chi connectivity index (χ4n) is 7.42. The molecule has 0 aliphatic heterocycles. The van der Waals surface area contributed by atoms with Gasteiger partial charge in [-0.2, -0.15) is 0 Å². The van der Waals surface area contributed by atoms with Crippen LogP contribution in [0.15, 0.2) is 42.5 Å². The molecule has 2 aromatic rings. The van der Waals surface area contributed by atoms with Gasteiger partial charge in [-0.3, -0.25) is 0 Å². The summed E-state index contributed by atoms with van der Waals surface area (Å²) in [6.07, 6.45) is 24.0. The Morgan fingerprint density at radius 3 is 1.86 bits per heavy atom. The fraction of sp³-hybridized carbons (Fsp3) is 0.629. The van der Waals surface area contributed by atoms with E-state index in [1.165, 1.54) is 29.1 Å². The molecule has 0 bridgehead atoms. The normalized spacial score (nSPS) is 19.3. The van der Waals surface area contributed by atoms with Crippen molar-refractivity contribution < 1.29 is 22.6 Å². The van der Waals surface area contributed by atoms with Crippen LogP contribution < -0.4 is 5.32 Å². The van der Waals surface area contributed by atoms with E-state index < -0.39 is 13.5 Å². The molecule has 7 heteroatoms. The van der Waals surface area contributed by atoms with Gasteiger partial charge in [-0.15, -0.1) is 0 Å². The van der Waals surface area contributed by atoms with Gasteiger partial charge in [0.05, 0.1) is 17.0 Å². The molecule has 0 spiro atoms. The number of ether oxygens (including phenoxy) is 1. The van der Waals surface area contributed by atoms with Gasteiger partial charge in [0.2, 0.25) is 0 Å². The molecule has 2 aromatic carbocycles. The SMILES string of the molecule is C1CCC([PH+](C2CCCCC2)C2CCCCC2)CC1.CC(C)[OH+]c1ccccc1NCc1ccc(F)cc1[CH]=[Ru]([Cl])[Cl]. The Morgan fingerprint density at radius 1 is 0.833 bits per heavy atom. The Hall–Kier alpha value is -0.527. The molecule has 0 radical (unpaired) electrons. The third-order valence-corrected chi connectivity index (χ3v) is 15.7. The van der Waals surface area contributed by atoms with Gasteiger partial charge in [0.25, 0.3) is 0 Å². The van der Waals surface area contributed by atoms with Crippen LogP contribution in [0.3, 0.4) is 0 Å². The summed E-state index contributed by atoms with van der Waals surface area (Å²) < 4.78 is 19.8. The fourth-order valence-corrected chi connectivity index (χ4v) is 14.5. The van der Waals surface area contributed by atoms with Crippen molar-refractivity contribution in [2.45, 2.75) is 140 Å². The van der Waals surface area contributed by atoms with Gasteiger partial charge in [0.1, 0.15) is 0 Å². The minimum absolute atomic E-state index is 0.0465. The number of nitrogens with one attached hydrogen (secondary N) is 1. The van der Waals surface area contributed by atoms with Crippen LogP contribution in [-0.2, 0) is 20.1 Å². The first-order valence-electron chi connectivity index (χ1n) is 16.4. The maximum atomic E-state index is 13.4. The van der Waals surface area contributed by atoms with E-state index in [0.717, 1.165) is 22.6 Å². The van der Waals surface area contributed by atoms with Crippen molar-refractivity contribution in [2.24, 2.45) is 0 Å². The van der Waals surface area contributed by atoms with E-state index in [1.807, 2.05) is 38.1 Å². The summed E-state index contributed by atoms with van der Waals surface area (Å²) in [5, 5.41) is 3.36. The number of aliphatic hydroxyl groups is 1. The molecule has 5 rings (SSSR count). The zero-order valence-electron chi connectivity index (χ0n) is 25.7. The number of rotatable bonds is 9. The van der Waals surface area contributed by atoms with Gasteiger partial charge in [0, 0.05) is 7.92 Å². The summed E-state index contributed by atoms with van der Waals surface area (Å²) in [5.74, 6) is 0.622. The molecule has 2 N–H and O–H groups in total. The second-order valence-corrected chi connectivity index (χ2v) is 21.9. The van der Waals surface area contributed by atoms with Crippen molar-refractivity contribution in [1.82, 2.24) is 0 Å². The Morgan fingerprint density at radius 2 is 1.36 bits per heavy atom. The number of halogens is 3.